The van der Waals surface area contributed by atoms with Gasteiger partial charge in [-0.1, -0.05) is 18.2 Å². The second-order valence-corrected chi connectivity index (χ2v) is 7.62. The second-order valence-electron chi connectivity index (χ2n) is 7.62. The molecule has 0 aliphatic carbocycles. The van der Waals surface area contributed by atoms with Crippen LogP contribution in [-0.4, -0.2) is 35.3 Å². The molecule has 7 heteroatoms. The highest BCUT2D eigenvalue weighted by Crippen LogP contribution is 2.41. The van der Waals surface area contributed by atoms with Gasteiger partial charge in [0.05, 0.1) is 5.54 Å². The summed E-state index contributed by atoms with van der Waals surface area (Å²) in [6, 6.07) is 17.2. The fraction of sp³-hybridized carbons (Fsp3) is 0.273. The van der Waals surface area contributed by atoms with E-state index in [1.807, 2.05) is 59.3 Å². The first-order valence-corrected chi connectivity index (χ1v) is 9.88. The third kappa shape index (κ3) is 3.03. The highest BCUT2D eigenvalue weighted by molar-refractivity contribution is 6.04. The molecule has 0 radical (unpaired) electrons. The summed E-state index contributed by atoms with van der Waals surface area (Å²) in [7, 11) is 0. The Morgan fingerprint density at radius 1 is 1.03 bits per heavy atom. The quantitative estimate of drug-likeness (QED) is 0.638. The van der Waals surface area contributed by atoms with Crippen LogP contribution in [0.3, 0.4) is 0 Å². The summed E-state index contributed by atoms with van der Waals surface area (Å²) in [4.78, 5) is 12.3. The number of primary amides is 1. The molecule has 4 N–H and O–H groups in total. The van der Waals surface area contributed by atoms with Crippen molar-refractivity contribution < 1.29 is 9.53 Å². The van der Waals surface area contributed by atoms with E-state index in [-0.39, 0.29) is 5.54 Å². The van der Waals surface area contributed by atoms with Crippen molar-refractivity contribution >= 4 is 11.7 Å². The van der Waals surface area contributed by atoms with E-state index in [4.69, 9.17) is 15.6 Å². The van der Waals surface area contributed by atoms with Crippen LogP contribution in [0.2, 0.25) is 0 Å². The summed E-state index contributed by atoms with van der Waals surface area (Å²) in [5, 5.41) is 11.6. The number of amides is 1. The molecule has 1 amide bonds. The lowest BCUT2D eigenvalue weighted by atomic mass is 9.89. The molecule has 2 aliphatic heterocycles. The Morgan fingerprint density at radius 2 is 1.72 bits per heavy atom. The van der Waals surface area contributed by atoms with Gasteiger partial charge < -0.3 is 21.1 Å². The first-order valence-electron chi connectivity index (χ1n) is 9.88. The van der Waals surface area contributed by atoms with Crippen molar-refractivity contribution in [1.82, 2.24) is 15.1 Å². The first-order chi connectivity index (χ1) is 14.2. The number of anilines is 1. The van der Waals surface area contributed by atoms with Crippen molar-refractivity contribution in [2.45, 2.75) is 18.4 Å². The lowest BCUT2D eigenvalue weighted by Crippen LogP contribution is -2.45. The molecule has 7 nitrogen and oxygen atoms in total. The first kappa shape index (κ1) is 17.8. The summed E-state index contributed by atoms with van der Waals surface area (Å²) in [6.45, 7) is 2.66. The van der Waals surface area contributed by atoms with Crippen LogP contribution in [0.4, 0.5) is 5.82 Å². The van der Waals surface area contributed by atoms with Crippen LogP contribution >= 0.6 is 0 Å². The average Bonchev–Trinajstić information content (AvgIpc) is 3.29. The third-order valence-corrected chi connectivity index (χ3v) is 5.81. The number of ether oxygens (including phenoxy) is 1. The van der Waals surface area contributed by atoms with E-state index in [9.17, 15) is 4.79 Å². The number of nitrogens with two attached hydrogens (primary N) is 1. The van der Waals surface area contributed by atoms with Crippen LogP contribution in [0.1, 0.15) is 23.2 Å². The molecule has 29 heavy (non-hydrogen) atoms. The van der Waals surface area contributed by atoms with Crippen molar-refractivity contribution in [3.8, 4) is 22.8 Å². The summed E-state index contributed by atoms with van der Waals surface area (Å²) < 4.78 is 7.86. The van der Waals surface area contributed by atoms with Gasteiger partial charge in [0, 0.05) is 12.1 Å². The maximum Gasteiger partial charge on any atom is 0.254 e. The van der Waals surface area contributed by atoms with Gasteiger partial charge in [0.25, 0.3) is 5.91 Å². The number of nitrogens with one attached hydrogen (secondary N) is 2. The molecule has 3 aromatic rings. The number of aromatic nitrogens is 2. The molecule has 5 rings (SSSR count). The lowest BCUT2D eigenvalue weighted by Gasteiger charge is -2.33. The van der Waals surface area contributed by atoms with Crippen molar-refractivity contribution in [1.29, 1.82) is 0 Å². The maximum atomic E-state index is 12.3. The second kappa shape index (κ2) is 6.93. The van der Waals surface area contributed by atoms with Gasteiger partial charge in [-0.15, -0.1) is 0 Å². The predicted octanol–water partition coefficient (Wildman–Crippen LogP) is 2.95. The molecule has 0 atom stereocenters. The van der Waals surface area contributed by atoms with E-state index < -0.39 is 5.91 Å². The van der Waals surface area contributed by atoms with Crippen LogP contribution in [0.5, 0.6) is 11.5 Å². The summed E-state index contributed by atoms with van der Waals surface area (Å²) in [5.74, 6) is 1.76. The predicted molar refractivity (Wildman–Crippen MR) is 111 cm³/mol. The minimum Gasteiger partial charge on any atom is -0.457 e. The largest absolute Gasteiger partial charge is 0.457 e. The monoisotopic (exact) mass is 389 g/mol. The number of carbonyl (C=O) groups excluding carboxylic acids is 1. The van der Waals surface area contributed by atoms with Crippen molar-refractivity contribution in [3.05, 3.63) is 60.2 Å². The lowest BCUT2D eigenvalue weighted by molar-refractivity contribution is 0.100. The molecule has 1 fully saturated rings. The van der Waals surface area contributed by atoms with Gasteiger partial charge in [0.2, 0.25) is 0 Å². The average molecular weight is 389 g/mol. The Morgan fingerprint density at radius 3 is 2.41 bits per heavy atom. The number of hydrogen-bond acceptors (Lipinski definition) is 5. The van der Waals surface area contributed by atoms with E-state index in [0.29, 0.717) is 11.3 Å². The van der Waals surface area contributed by atoms with Crippen molar-refractivity contribution in [3.63, 3.8) is 0 Å². The van der Waals surface area contributed by atoms with Crippen molar-refractivity contribution in [2.24, 2.45) is 5.73 Å². The topological polar surface area (TPSA) is 94.2 Å². The Kier molecular flexibility index (Phi) is 4.24. The zero-order valence-corrected chi connectivity index (χ0v) is 16.0. The molecular formula is C22H23N5O2. The summed E-state index contributed by atoms with van der Waals surface area (Å²) in [6.07, 6.45) is 1.94. The number of hydrogen-bond donors (Lipinski definition) is 3. The van der Waals surface area contributed by atoms with E-state index >= 15 is 0 Å². The molecule has 148 valence electrons. The molecule has 2 aliphatic rings. The number of fused-ring (bicyclic) bond motifs is 2. The van der Waals surface area contributed by atoms with E-state index in [1.54, 1.807) is 0 Å². The number of benzene rings is 2. The number of carbonyl (C=O) groups is 1. The molecule has 2 aromatic carbocycles. The zero-order chi connectivity index (χ0) is 19.8. The number of nitrogens with zero attached hydrogens (tertiary/aromatic N) is 2. The molecule has 1 spiro atoms. The number of rotatable bonds is 4. The molecule has 0 saturated carbocycles. The SMILES string of the molecule is NC(=O)c1c(-c2ccc(Oc3ccccc3)cc2)nn2c1NCC21CCNCC1. The normalized spacial score (nSPS) is 17.0. The van der Waals surface area contributed by atoms with Crippen LogP contribution < -0.4 is 21.1 Å². The van der Waals surface area contributed by atoms with Gasteiger partial charge in [0.1, 0.15) is 28.6 Å². The fourth-order valence-corrected chi connectivity index (χ4v) is 4.27. The number of piperidine rings is 1. The van der Waals surface area contributed by atoms with Gasteiger partial charge in [-0.25, -0.2) is 4.68 Å². The van der Waals surface area contributed by atoms with Crippen LogP contribution in [0, 0.1) is 0 Å². The van der Waals surface area contributed by atoms with Crippen molar-refractivity contribution in [2.75, 3.05) is 25.0 Å². The Balaban J connectivity index is 1.50. The van der Waals surface area contributed by atoms with E-state index in [0.717, 1.165) is 55.4 Å². The van der Waals surface area contributed by atoms with E-state index in [1.165, 1.54) is 0 Å². The Hall–Kier alpha value is -3.32. The highest BCUT2D eigenvalue weighted by Gasteiger charge is 2.43. The van der Waals surface area contributed by atoms with Crippen LogP contribution in [0.25, 0.3) is 11.3 Å². The minimum absolute atomic E-state index is 0.0978. The van der Waals surface area contributed by atoms with Gasteiger partial charge in [0.15, 0.2) is 0 Å². The van der Waals surface area contributed by atoms with Crippen LogP contribution in [0.15, 0.2) is 54.6 Å². The number of para-hydroxylation sites is 1. The van der Waals surface area contributed by atoms with Gasteiger partial charge >= 0.3 is 0 Å². The Bertz CT molecular complexity index is 1040. The Labute approximate surface area is 168 Å². The van der Waals surface area contributed by atoms with Crippen LogP contribution in [-0.2, 0) is 5.54 Å². The molecule has 1 aromatic heterocycles. The molecule has 1 saturated heterocycles. The maximum absolute atomic E-state index is 12.3. The highest BCUT2D eigenvalue weighted by atomic mass is 16.5. The summed E-state index contributed by atoms with van der Waals surface area (Å²) in [5.41, 5.74) is 7.56. The third-order valence-electron chi connectivity index (χ3n) is 5.81. The smallest absolute Gasteiger partial charge is 0.254 e. The molecule has 0 unspecified atom stereocenters. The molecular weight excluding hydrogens is 366 g/mol. The molecule has 0 bridgehead atoms. The molecule has 3 heterocycles. The minimum atomic E-state index is -0.468. The van der Waals surface area contributed by atoms with Gasteiger partial charge in [-0.3, -0.25) is 4.79 Å². The standard InChI is InChI=1S/C22H23N5O2/c23-20(28)18-19(26-27-21(18)25-14-22(27)10-12-24-13-11-22)15-6-8-17(9-7-15)29-16-4-2-1-3-5-16/h1-9,24-25H,10-14H2,(H2,23,28). The zero-order valence-electron chi connectivity index (χ0n) is 16.0. The van der Waals surface area contributed by atoms with Gasteiger partial charge in [-0.05, 0) is 62.3 Å². The van der Waals surface area contributed by atoms with Gasteiger partial charge in [-0.2, -0.15) is 5.10 Å². The summed E-state index contributed by atoms with van der Waals surface area (Å²) >= 11 is 0. The van der Waals surface area contributed by atoms with E-state index in [2.05, 4.69) is 10.6 Å². The fourth-order valence-electron chi connectivity index (χ4n) is 4.27.